The number of anilines is 1. The average molecular weight is 237 g/mol. The van der Waals surface area contributed by atoms with E-state index in [0.29, 0.717) is 12.1 Å². The lowest BCUT2D eigenvalue weighted by Gasteiger charge is -2.10. The van der Waals surface area contributed by atoms with Gasteiger partial charge in [0.1, 0.15) is 6.04 Å². The molecule has 0 aliphatic heterocycles. The van der Waals surface area contributed by atoms with Crippen molar-refractivity contribution < 1.29 is 19.8 Å². The molecule has 0 heterocycles. The zero-order valence-corrected chi connectivity index (χ0v) is 9.51. The summed E-state index contributed by atoms with van der Waals surface area (Å²) in [5, 5.41) is 20.1. The van der Waals surface area contributed by atoms with E-state index in [1.807, 2.05) is 0 Å². The second-order valence-electron chi connectivity index (χ2n) is 3.79. The van der Waals surface area contributed by atoms with Gasteiger partial charge in [-0.25, -0.2) is 0 Å². The van der Waals surface area contributed by atoms with Crippen molar-refractivity contribution in [3.05, 3.63) is 29.8 Å². The molecule has 0 aliphatic rings. The molecule has 1 atom stereocenters. The molecule has 0 amide bonds. The summed E-state index contributed by atoms with van der Waals surface area (Å²) in [6.45, 7) is 1.56. The maximum absolute atomic E-state index is 10.6. The van der Waals surface area contributed by atoms with Crippen molar-refractivity contribution in [2.75, 3.05) is 5.32 Å². The molecule has 0 saturated carbocycles. The van der Waals surface area contributed by atoms with E-state index >= 15 is 0 Å². The quantitative estimate of drug-likeness (QED) is 0.699. The molecular weight excluding hydrogens is 222 g/mol. The first-order chi connectivity index (χ1) is 7.99. The summed E-state index contributed by atoms with van der Waals surface area (Å²) in [7, 11) is 0. The minimum atomic E-state index is -0.917. The average Bonchev–Trinajstić information content (AvgIpc) is 2.28. The molecule has 17 heavy (non-hydrogen) atoms. The topological polar surface area (TPSA) is 86.6 Å². The van der Waals surface area contributed by atoms with Crippen LogP contribution in [0.2, 0.25) is 0 Å². The van der Waals surface area contributed by atoms with Crippen molar-refractivity contribution in [3.8, 4) is 0 Å². The zero-order valence-electron chi connectivity index (χ0n) is 9.51. The number of benzene rings is 1. The molecule has 1 unspecified atom stereocenters. The molecule has 5 nitrogen and oxygen atoms in total. The van der Waals surface area contributed by atoms with E-state index < -0.39 is 18.0 Å². The van der Waals surface area contributed by atoms with Gasteiger partial charge >= 0.3 is 11.9 Å². The number of aryl methyl sites for hydroxylation is 1. The van der Waals surface area contributed by atoms with Gasteiger partial charge in [0.15, 0.2) is 0 Å². The van der Waals surface area contributed by atoms with Gasteiger partial charge < -0.3 is 15.5 Å². The number of carboxylic acid groups (broad SMARTS) is 2. The molecule has 0 bridgehead atoms. The van der Waals surface area contributed by atoms with E-state index in [4.69, 9.17) is 10.2 Å². The van der Waals surface area contributed by atoms with E-state index in [0.717, 1.165) is 5.56 Å². The number of hydrogen-bond donors (Lipinski definition) is 3. The third-order valence-corrected chi connectivity index (χ3v) is 2.34. The van der Waals surface area contributed by atoms with Crippen molar-refractivity contribution in [2.24, 2.45) is 0 Å². The number of nitrogens with one attached hydrogen (secondary N) is 1. The monoisotopic (exact) mass is 237 g/mol. The van der Waals surface area contributed by atoms with Crippen LogP contribution in [-0.2, 0) is 16.0 Å². The van der Waals surface area contributed by atoms with Crippen LogP contribution in [-0.4, -0.2) is 28.2 Å². The first kappa shape index (κ1) is 13.0. The van der Waals surface area contributed by atoms with Gasteiger partial charge in [0, 0.05) is 12.1 Å². The molecule has 3 N–H and O–H groups in total. The van der Waals surface area contributed by atoms with Crippen LogP contribution in [0.5, 0.6) is 0 Å². The van der Waals surface area contributed by atoms with Crippen LogP contribution in [0, 0.1) is 0 Å². The Bertz CT molecular complexity index is 399. The Balaban J connectivity index is 2.55. The normalized spacial score (nSPS) is 11.8. The number of carbonyl (C=O) groups is 2. The fourth-order valence-corrected chi connectivity index (χ4v) is 1.33. The van der Waals surface area contributed by atoms with Crippen LogP contribution in [0.3, 0.4) is 0 Å². The summed E-state index contributed by atoms with van der Waals surface area (Å²) in [4.78, 5) is 21.0. The van der Waals surface area contributed by atoms with Gasteiger partial charge in [0.25, 0.3) is 0 Å². The standard InChI is InChI=1S/C12H15NO4/c1-8(12(16)17)13-10-5-2-9(3-6-10)4-7-11(14)15/h2-3,5-6,8,13H,4,7H2,1H3,(H,14,15)(H,16,17). The smallest absolute Gasteiger partial charge is 0.325 e. The summed E-state index contributed by atoms with van der Waals surface area (Å²) in [6, 6.07) is 6.42. The Hall–Kier alpha value is -2.04. The summed E-state index contributed by atoms with van der Waals surface area (Å²) >= 11 is 0. The number of hydrogen-bond acceptors (Lipinski definition) is 3. The van der Waals surface area contributed by atoms with Crippen LogP contribution in [0.1, 0.15) is 18.9 Å². The van der Waals surface area contributed by atoms with E-state index in [1.54, 1.807) is 31.2 Å². The van der Waals surface area contributed by atoms with Crippen molar-refractivity contribution in [1.29, 1.82) is 0 Å². The number of carboxylic acids is 2. The minimum absolute atomic E-state index is 0.0955. The van der Waals surface area contributed by atoms with Crippen molar-refractivity contribution in [1.82, 2.24) is 0 Å². The van der Waals surface area contributed by atoms with E-state index in [9.17, 15) is 9.59 Å². The highest BCUT2D eigenvalue weighted by Gasteiger charge is 2.09. The molecule has 0 radical (unpaired) electrons. The third-order valence-electron chi connectivity index (χ3n) is 2.34. The van der Waals surface area contributed by atoms with Crippen LogP contribution < -0.4 is 5.32 Å². The van der Waals surface area contributed by atoms with Gasteiger partial charge in [-0.15, -0.1) is 0 Å². The highest BCUT2D eigenvalue weighted by atomic mass is 16.4. The zero-order chi connectivity index (χ0) is 12.8. The number of aliphatic carboxylic acids is 2. The lowest BCUT2D eigenvalue weighted by atomic mass is 10.1. The molecule has 1 aromatic rings. The molecule has 0 saturated heterocycles. The summed E-state index contributed by atoms with van der Waals surface area (Å²) in [5.41, 5.74) is 1.62. The lowest BCUT2D eigenvalue weighted by Crippen LogP contribution is -2.25. The molecule has 0 spiro atoms. The first-order valence-electron chi connectivity index (χ1n) is 5.29. The predicted octanol–water partition coefficient (Wildman–Crippen LogP) is 1.59. The summed E-state index contributed by atoms with van der Waals surface area (Å²) in [6.07, 6.45) is 0.572. The molecular formula is C12H15NO4. The molecule has 0 aromatic heterocycles. The number of rotatable bonds is 6. The highest BCUT2D eigenvalue weighted by Crippen LogP contribution is 2.12. The Morgan fingerprint density at radius 1 is 1.24 bits per heavy atom. The van der Waals surface area contributed by atoms with Crippen LogP contribution in [0.25, 0.3) is 0 Å². The SMILES string of the molecule is CC(Nc1ccc(CCC(=O)O)cc1)C(=O)O. The Kier molecular flexibility index (Phi) is 4.51. The third kappa shape index (κ3) is 4.55. The van der Waals surface area contributed by atoms with Crippen LogP contribution in [0.4, 0.5) is 5.69 Å². The van der Waals surface area contributed by atoms with Gasteiger partial charge in [-0.1, -0.05) is 12.1 Å². The van der Waals surface area contributed by atoms with Gasteiger partial charge in [-0.05, 0) is 31.0 Å². The fraction of sp³-hybridized carbons (Fsp3) is 0.333. The minimum Gasteiger partial charge on any atom is -0.481 e. The van der Waals surface area contributed by atoms with Gasteiger partial charge in [0.2, 0.25) is 0 Å². The largest absolute Gasteiger partial charge is 0.481 e. The second-order valence-corrected chi connectivity index (χ2v) is 3.79. The second kappa shape index (κ2) is 5.89. The van der Waals surface area contributed by atoms with Gasteiger partial charge in [0.05, 0.1) is 0 Å². The lowest BCUT2D eigenvalue weighted by molar-refractivity contribution is -0.138. The van der Waals surface area contributed by atoms with E-state index in [1.165, 1.54) is 0 Å². The maximum atomic E-state index is 10.6. The summed E-state index contributed by atoms with van der Waals surface area (Å²) in [5.74, 6) is -1.74. The van der Waals surface area contributed by atoms with E-state index in [-0.39, 0.29) is 6.42 Å². The van der Waals surface area contributed by atoms with Crippen LogP contribution >= 0.6 is 0 Å². The Morgan fingerprint density at radius 3 is 2.29 bits per heavy atom. The molecule has 0 aliphatic carbocycles. The molecule has 0 fully saturated rings. The molecule has 5 heteroatoms. The summed E-state index contributed by atoms with van der Waals surface area (Å²) < 4.78 is 0. The van der Waals surface area contributed by atoms with Crippen molar-refractivity contribution in [2.45, 2.75) is 25.8 Å². The van der Waals surface area contributed by atoms with Gasteiger partial charge in [-0.2, -0.15) is 0 Å². The van der Waals surface area contributed by atoms with Crippen LogP contribution in [0.15, 0.2) is 24.3 Å². The molecule has 1 aromatic carbocycles. The van der Waals surface area contributed by atoms with Crippen molar-refractivity contribution in [3.63, 3.8) is 0 Å². The van der Waals surface area contributed by atoms with Gasteiger partial charge in [-0.3, -0.25) is 9.59 Å². The van der Waals surface area contributed by atoms with E-state index in [2.05, 4.69) is 5.32 Å². The Labute approximate surface area is 99.1 Å². The highest BCUT2D eigenvalue weighted by molar-refractivity contribution is 5.76. The maximum Gasteiger partial charge on any atom is 0.325 e. The Morgan fingerprint density at radius 2 is 1.82 bits per heavy atom. The molecule has 92 valence electrons. The fourth-order valence-electron chi connectivity index (χ4n) is 1.33. The predicted molar refractivity (Wildman–Crippen MR) is 63.1 cm³/mol. The first-order valence-corrected chi connectivity index (χ1v) is 5.29. The molecule has 1 rings (SSSR count). The van der Waals surface area contributed by atoms with Crippen molar-refractivity contribution >= 4 is 17.6 Å².